The van der Waals surface area contributed by atoms with E-state index in [0.29, 0.717) is 6.54 Å². The molecule has 0 atom stereocenters. The Morgan fingerprint density at radius 1 is 1.26 bits per heavy atom. The second kappa shape index (κ2) is 7.19. The quantitative estimate of drug-likeness (QED) is 0.435. The van der Waals surface area contributed by atoms with E-state index in [2.05, 4.69) is 49.4 Å². The third-order valence-corrected chi connectivity index (χ3v) is 4.98. The Hall–Kier alpha value is -1.79. The SMILES string of the molecule is C=CCn1c(SCc2ccc(Br)cc2)nnc1-c1ccoc1C. The molecule has 23 heavy (non-hydrogen) atoms. The zero-order valence-electron chi connectivity index (χ0n) is 12.7. The molecule has 2 aromatic heterocycles. The fraction of sp³-hybridized carbons (Fsp3) is 0.176. The van der Waals surface area contributed by atoms with Gasteiger partial charge in [0, 0.05) is 16.8 Å². The average Bonchev–Trinajstić information content (AvgIpc) is 3.13. The van der Waals surface area contributed by atoms with Gasteiger partial charge in [-0.05, 0) is 30.7 Å². The zero-order chi connectivity index (χ0) is 16.2. The summed E-state index contributed by atoms with van der Waals surface area (Å²) < 4.78 is 8.53. The highest BCUT2D eigenvalue weighted by atomic mass is 79.9. The molecule has 0 aliphatic heterocycles. The van der Waals surface area contributed by atoms with Crippen molar-refractivity contribution in [2.45, 2.75) is 24.4 Å². The molecule has 0 saturated carbocycles. The predicted molar refractivity (Wildman–Crippen MR) is 96.4 cm³/mol. The zero-order valence-corrected chi connectivity index (χ0v) is 15.1. The van der Waals surface area contributed by atoms with Crippen LogP contribution < -0.4 is 0 Å². The maximum absolute atomic E-state index is 5.38. The summed E-state index contributed by atoms with van der Waals surface area (Å²) in [7, 11) is 0. The lowest BCUT2D eigenvalue weighted by molar-refractivity contribution is 0.534. The van der Waals surface area contributed by atoms with Crippen molar-refractivity contribution in [2.75, 3.05) is 0 Å². The molecule has 4 nitrogen and oxygen atoms in total. The molecule has 3 aromatic rings. The third kappa shape index (κ3) is 3.59. The molecule has 0 bridgehead atoms. The number of thioether (sulfide) groups is 1. The van der Waals surface area contributed by atoms with Gasteiger partial charge in [-0.3, -0.25) is 4.57 Å². The van der Waals surface area contributed by atoms with Gasteiger partial charge in [0.05, 0.1) is 11.8 Å². The van der Waals surface area contributed by atoms with Crippen LogP contribution in [0.2, 0.25) is 0 Å². The first-order chi connectivity index (χ1) is 11.2. The molecular weight excluding hydrogens is 374 g/mol. The third-order valence-electron chi connectivity index (χ3n) is 3.41. The topological polar surface area (TPSA) is 43.9 Å². The van der Waals surface area contributed by atoms with Crippen LogP contribution in [0.25, 0.3) is 11.4 Å². The van der Waals surface area contributed by atoms with E-state index in [9.17, 15) is 0 Å². The summed E-state index contributed by atoms with van der Waals surface area (Å²) in [4.78, 5) is 0. The Morgan fingerprint density at radius 3 is 2.70 bits per heavy atom. The number of benzene rings is 1. The lowest BCUT2D eigenvalue weighted by atomic mass is 10.2. The van der Waals surface area contributed by atoms with E-state index in [4.69, 9.17) is 4.42 Å². The molecule has 0 radical (unpaired) electrons. The van der Waals surface area contributed by atoms with Gasteiger partial charge in [0.1, 0.15) is 5.76 Å². The highest BCUT2D eigenvalue weighted by Gasteiger charge is 2.16. The number of aryl methyl sites for hydroxylation is 1. The molecule has 0 aliphatic rings. The maximum atomic E-state index is 5.38. The monoisotopic (exact) mass is 389 g/mol. The number of allylic oxidation sites excluding steroid dienone is 1. The molecule has 0 N–H and O–H groups in total. The first-order valence-corrected chi connectivity index (χ1v) is 8.92. The summed E-state index contributed by atoms with van der Waals surface area (Å²) in [6.45, 7) is 6.43. The van der Waals surface area contributed by atoms with Crippen molar-refractivity contribution in [3.63, 3.8) is 0 Å². The first-order valence-electron chi connectivity index (χ1n) is 7.15. The number of rotatable bonds is 6. The smallest absolute Gasteiger partial charge is 0.192 e. The first kappa shape index (κ1) is 16.1. The highest BCUT2D eigenvalue weighted by Crippen LogP contribution is 2.28. The molecule has 0 fully saturated rings. The fourth-order valence-electron chi connectivity index (χ4n) is 2.23. The Labute approximate surface area is 147 Å². The van der Waals surface area contributed by atoms with Gasteiger partial charge in [0.2, 0.25) is 0 Å². The van der Waals surface area contributed by atoms with Gasteiger partial charge >= 0.3 is 0 Å². The van der Waals surface area contributed by atoms with Gasteiger partial charge in [0.25, 0.3) is 0 Å². The fourth-order valence-corrected chi connectivity index (χ4v) is 3.40. The van der Waals surface area contributed by atoms with Crippen LogP contribution in [-0.4, -0.2) is 14.8 Å². The van der Waals surface area contributed by atoms with Crippen LogP contribution in [0.5, 0.6) is 0 Å². The molecule has 2 heterocycles. The molecule has 0 amide bonds. The number of hydrogen-bond acceptors (Lipinski definition) is 4. The predicted octanol–water partition coefficient (Wildman–Crippen LogP) is 5.09. The number of halogens is 1. The van der Waals surface area contributed by atoms with Gasteiger partial charge in [0.15, 0.2) is 11.0 Å². The second-order valence-corrected chi connectivity index (χ2v) is 6.87. The molecular formula is C17H16BrN3OS. The van der Waals surface area contributed by atoms with Crippen molar-refractivity contribution in [2.24, 2.45) is 0 Å². The highest BCUT2D eigenvalue weighted by molar-refractivity contribution is 9.10. The van der Waals surface area contributed by atoms with E-state index in [1.165, 1.54) is 5.56 Å². The Morgan fingerprint density at radius 2 is 2.04 bits per heavy atom. The van der Waals surface area contributed by atoms with Gasteiger partial charge in [-0.2, -0.15) is 0 Å². The molecule has 6 heteroatoms. The summed E-state index contributed by atoms with van der Waals surface area (Å²) in [5, 5.41) is 9.56. The molecule has 0 saturated heterocycles. The molecule has 1 aromatic carbocycles. The number of furan rings is 1. The van der Waals surface area contributed by atoms with Crippen LogP contribution in [-0.2, 0) is 12.3 Å². The van der Waals surface area contributed by atoms with Crippen molar-refractivity contribution in [3.8, 4) is 11.4 Å². The van der Waals surface area contributed by atoms with Crippen molar-refractivity contribution in [1.29, 1.82) is 0 Å². The second-order valence-electron chi connectivity index (χ2n) is 5.01. The van der Waals surface area contributed by atoms with Crippen molar-refractivity contribution >= 4 is 27.7 Å². The van der Waals surface area contributed by atoms with Crippen molar-refractivity contribution in [1.82, 2.24) is 14.8 Å². The number of aromatic nitrogens is 3. The summed E-state index contributed by atoms with van der Waals surface area (Å²) in [6.07, 6.45) is 3.53. The van der Waals surface area contributed by atoms with Crippen LogP contribution in [0.4, 0.5) is 0 Å². The van der Waals surface area contributed by atoms with Crippen LogP contribution in [0.3, 0.4) is 0 Å². The van der Waals surface area contributed by atoms with Crippen molar-refractivity contribution < 1.29 is 4.42 Å². The van der Waals surface area contributed by atoms with E-state index >= 15 is 0 Å². The number of hydrogen-bond donors (Lipinski definition) is 0. The summed E-state index contributed by atoms with van der Waals surface area (Å²) in [6, 6.07) is 10.2. The van der Waals surface area contributed by atoms with Crippen molar-refractivity contribution in [3.05, 3.63) is 65.0 Å². The Bertz CT molecular complexity index is 808. The van der Waals surface area contributed by atoms with Gasteiger partial charge in [-0.1, -0.05) is 45.9 Å². The number of nitrogens with zero attached hydrogens (tertiary/aromatic N) is 3. The van der Waals surface area contributed by atoms with Gasteiger partial charge in [-0.25, -0.2) is 0 Å². The molecule has 0 unspecified atom stereocenters. The minimum Gasteiger partial charge on any atom is -0.469 e. The van der Waals surface area contributed by atoms with Crippen LogP contribution >= 0.6 is 27.7 Å². The minimum atomic E-state index is 0.662. The van der Waals surface area contributed by atoms with Crippen LogP contribution in [0.1, 0.15) is 11.3 Å². The van der Waals surface area contributed by atoms with Gasteiger partial charge in [-0.15, -0.1) is 16.8 Å². The Balaban J connectivity index is 1.84. The minimum absolute atomic E-state index is 0.662. The normalized spacial score (nSPS) is 10.9. The van der Waals surface area contributed by atoms with E-state index in [0.717, 1.165) is 32.5 Å². The molecule has 118 valence electrons. The van der Waals surface area contributed by atoms with E-state index in [1.54, 1.807) is 18.0 Å². The van der Waals surface area contributed by atoms with E-state index in [1.807, 2.05) is 31.2 Å². The van der Waals surface area contributed by atoms with Crippen LogP contribution in [0, 0.1) is 6.92 Å². The summed E-state index contributed by atoms with van der Waals surface area (Å²) in [5.41, 5.74) is 2.21. The lowest BCUT2D eigenvalue weighted by Crippen LogP contribution is -2.00. The average molecular weight is 390 g/mol. The van der Waals surface area contributed by atoms with E-state index < -0.39 is 0 Å². The largest absolute Gasteiger partial charge is 0.469 e. The molecule has 0 aliphatic carbocycles. The molecule has 3 rings (SSSR count). The van der Waals surface area contributed by atoms with Gasteiger partial charge < -0.3 is 4.42 Å². The molecule has 0 spiro atoms. The standard InChI is InChI=1S/C17H16BrN3OS/c1-3-9-21-16(15-8-10-22-12(15)2)19-20-17(21)23-11-13-4-6-14(18)7-5-13/h3-8,10H,1,9,11H2,2H3. The van der Waals surface area contributed by atoms with Crippen LogP contribution in [0.15, 0.2) is 63.3 Å². The Kier molecular flexibility index (Phi) is 5.03. The summed E-state index contributed by atoms with van der Waals surface area (Å²) >= 11 is 5.12. The summed E-state index contributed by atoms with van der Waals surface area (Å²) in [5.74, 6) is 2.49. The maximum Gasteiger partial charge on any atom is 0.192 e. The lowest BCUT2D eigenvalue weighted by Gasteiger charge is -2.07. The van der Waals surface area contributed by atoms with E-state index in [-0.39, 0.29) is 0 Å².